The lowest BCUT2D eigenvalue weighted by Gasteiger charge is -2.36. The minimum absolute atomic E-state index is 0.101. The zero-order chi connectivity index (χ0) is 10.6. The summed E-state index contributed by atoms with van der Waals surface area (Å²) in [5.41, 5.74) is 0. The van der Waals surface area contributed by atoms with Crippen LogP contribution in [-0.2, 0) is 9.53 Å². The summed E-state index contributed by atoms with van der Waals surface area (Å²) in [5.74, 6) is 0.732. The topological polar surface area (TPSA) is 29.5 Å². The molecular formula is C11H21NO2. The van der Waals surface area contributed by atoms with E-state index in [0.717, 1.165) is 19.0 Å². The van der Waals surface area contributed by atoms with Gasteiger partial charge in [0.15, 0.2) is 0 Å². The molecule has 2 unspecified atom stereocenters. The highest BCUT2D eigenvalue weighted by Crippen LogP contribution is 2.21. The van der Waals surface area contributed by atoms with Gasteiger partial charge >= 0.3 is 5.97 Å². The van der Waals surface area contributed by atoms with E-state index in [2.05, 4.69) is 23.5 Å². The van der Waals surface area contributed by atoms with Gasteiger partial charge < -0.3 is 9.64 Å². The molecule has 82 valence electrons. The molecule has 0 aromatic heterocycles. The summed E-state index contributed by atoms with van der Waals surface area (Å²) in [6.07, 6.45) is 3.03. The average Bonchev–Trinajstić information content (AvgIpc) is 2.16. The minimum Gasteiger partial charge on any atom is -0.469 e. The van der Waals surface area contributed by atoms with Crippen molar-refractivity contribution in [1.29, 1.82) is 0 Å². The maximum absolute atomic E-state index is 11.0. The number of piperidine rings is 1. The number of carbonyl (C=O) groups excluding carboxylic acids is 1. The average molecular weight is 199 g/mol. The van der Waals surface area contributed by atoms with E-state index in [4.69, 9.17) is 0 Å². The Morgan fingerprint density at radius 1 is 1.50 bits per heavy atom. The third-order valence-electron chi connectivity index (χ3n) is 3.11. The van der Waals surface area contributed by atoms with E-state index in [9.17, 15) is 4.79 Å². The Hall–Kier alpha value is -0.570. The Kier molecular flexibility index (Phi) is 4.39. The molecule has 0 spiro atoms. The van der Waals surface area contributed by atoms with E-state index in [-0.39, 0.29) is 5.97 Å². The molecule has 14 heavy (non-hydrogen) atoms. The molecule has 0 aliphatic carbocycles. The molecule has 0 saturated carbocycles. The monoisotopic (exact) mass is 199 g/mol. The number of hydrogen-bond acceptors (Lipinski definition) is 3. The number of esters is 1. The number of rotatable bonds is 3. The van der Waals surface area contributed by atoms with Crippen LogP contribution in [-0.4, -0.2) is 37.1 Å². The van der Waals surface area contributed by atoms with Crippen LogP contribution in [0.25, 0.3) is 0 Å². The van der Waals surface area contributed by atoms with E-state index in [1.54, 1.807) is 0 Å². The van der Waals surface area contributed by atoms with E-state index in [1.165, 1.54) is 20.0 Å². The molecule has 1 aliphatic rings. The first-order chi connectivity index (χ1) is 6.63. The van der Waals surface area contributed by atoms with Gasteiger partial charge in [0.1, 0.15) is 0 Å². The van der Waals surface area contributed by atoms with Gasteiger partial charge in [0.25, 0.3) is 0 Å². The Morgan fingerprint density at radius 3 is 2.79 bits per heavy atom. The van der Waals surface area contributed by atoms with Gasteiger partial charge in [-0.05, 0) is 32.2 Å². The fraction of sp³-hybridized carbons (Fsp3) is 0.909. The lowest BCUT2D eigenvalue weighted by Crippen LogP contribution is -2.41. The fourth-order valence-corrected chi connectivity index (χ4v) is 2.12. The van der Waals surface area contributed by atoms with Crippen molar-refractivity contribution >= 4 is 5.97 Å². The third-order valence-corrected chi connectivity index (χ3v) is 3.11. The van der Waals surface area contributed by atoms with Crippen LogP contribution >= 0.6 is 0 Å². The van der Waals surface area contributed by atoms with Gasteiger partial charge in [0, 0.05) is 12.6 Å². The Labute approximate surface area is 86.4 Å². The van der Waals surface area contributed by atoms with Crippen molar-refractivity contribution in [1.82, 2.24) is 4.90 Å². The summed E-state index contributed by atoms with van der Waals surface area (Å²) >= 11 is 0. The lowest BCUT2D eigenvalue weighted by atomic mass is 9.93. The standard InChI is InChI=1S/C11H21NO2/c1-9-4-6-12(10(2)8-9)7-5-11(13)14-3/h9-10H,4-8H2,1-3H3. The SMILES string of the molecule is COC(=O)CCN1CCC(C)CC1C. The second-order valence-electron chi connectivity index (χ2n) is 4.34. The molecule has 0 aromatic carbocycles. The summed E-state index contributed by atoms with van der Waals surface area (Å²) in [6.45, 7) is 6.51. The van der Waals surface area contributed by atoms with Crippen molar-refractivity contribution in [2.75, 3.05) is 20.2 Å². The normalized spacial score (nSPS) is 28.8. The number of nitrogens with zero attached hydrogens (tertiary/aromatic N) is 1. The Balaban J connectivity index is 2.27. The molecule has 1 fully saturated rings. The number of methoxy groups -OCH3 is 1. The summed E-state index contributed by atoms with van der Waals surface area (Å²) < 4.78 is 4.63. The lowest BCUT2D eigenvalue weighted by molar-refractivity contribution is -0.141. The fourth-order valence-electron chi connectivity index (χ4n) is 2.12. The number of hydrogen-bond donors (Lipinski definition) is 0. The maximum Gasteiger partial charge on any atom is 0.306 e. The molecule has 3 heteroatoms. The Bertz CT molecular complexity index is 194. The predicted octanol–water partition coefficient (Wildman–Crippen LogP) is 1.67. The second kappa shape index (κ2) is 5.35. The highest BCUT2D eigenvalue weighted by atomic mass is 16.5. The van der Waals surface area contributed by atoms with Gasteiger partial charge in [0.2, 0.25) is 0 Å². The molecule has 2 atom stereocenters. The molecule has 0 radical (unpaired) electrons. The third kappa shape index (κ3) is 3.29. The first kappa shape index (κ1) is 11.5. The molecule has 0 aromatic rings. The van der Waals surface area contributed by atoms with Gasteiger partial charge in [-0.15, -0.1) is 0 Å². The van der Waals surface area contributed by atoms with Gasteiger partial charge in [-0.2, -0.15) is 0 Å². The van der Waals surface area contributed by atoms with Gasteiger partial charge in [-0.1, -0.05) is 6.92 Å². The van der Waals surface area contributed by atoms with Crippen molar-refractivity contribution in [3.63, 3.8) is 0 Å². The number of ether oxygens (including phenoxy) is 1. The largest absolute Gasteiger partial charge is 0.469 e. The van der Waals surface area contributed by atoms with Crippen molar-refractivity contribution in [2.24, 2.45) is 5.92 Å². The molecule has 3 nitrogen and oxygen atoms in total. The van der Waals surface area contributed by atoms with E-state index >= 15 is 0 Å². The van der Waals surface area contributed by atoms with Crippen LogP contribution in [0.15, 0.2) is 0 Å². The van der Waals surface area contributed by atoms with E-state index in [0.29, 0.717) is 12.5 Å². The predicted molar refractivity (Wildman–Crippen MR) is 56.1 cm³/mol. The molecule has 0 bridgehead atoms. The molecule has 1 saturated heterocycles. The van der Waals surface area contributed by atoms with Crippen molar-refractivity contribution < 1.29 is 9.53 Å². The van der Waals surface area contributed by atoms with Crippen LogP contribution in [0.2, 0.25) is 0 Å². The molecule has 0 amide bonds. The van der Waals surface area contributed by atoms with Crippen LogP contribution in [0, 0.1) is 5.92 Å². The second-order valence-corrected chi connectivity index (χ2v) is 4.34. The van der Waals surface area contributed by atoms with Gasteiger partial charge in [-0.3, -0.25) is 4.79 Å². The van der Waals surface area contributed by atoms with Crippen LogP contribution in [0.1, 0.15) is 33.1 Å². The Morgan fingerprint density at radius 2 is 2.21 bits per heavy atom. The highest BCUT2D eigenvalue weighted by molar-refractivity contribution is 5.69. The molecule has 1 rings (SSSR count). The van der Waals surface area contributed by atoms with Crippen LogP contribution < -0.4 is 0 Å². The van der Waals surface area contributed by atoms with Crippen LogP contribution in [0.3, 0.4) is 0 Å². The first-order valence-electron chi connectivity index (χ1n) is 5.44. The minimum atomic E-state index is -0.101. The number of likely N-dealkylation sites (tertiary alicyclic amines) is 1. The summed E-state index contributed by atoms with van der Waals surface area (Å²) in [4.78, 5) is 13.4. The quantitative estimate of drug-likeness (QED) is 0.648. The van der Waals surface area contributed by atoms with E-state index < -0.39 is 0 Å². The van der Waals surface area contributed by atoms with Crippen molar-refractivity contribution in [3.8, 4) is 0 Å². The van der Waals surface area contributed by atoms with Gasteiger partial charge in [0.05, 0.1) is 13.5 Å². The molecule has 1 heterocycles. The molecular weight excluding hydrogens is 178 g/mol. The van der Waals surface area contributed by atoms with Crippen LogP contribution in [0.4, 0.5) is 0 Å². The smallest absolute Gasteiger partial charge is 0.306 e. The van der Waals surface area contributed by atoms with E-state index in [1.807, 2.05) is 0 Å². The zero-order valence-corrected chi connectivity index (χ0v) is 9.45. The molecule has 0 N–H and O–H groups in total. The maximum atomic E-state index is 11.0. The summed E-state index contributed by atoms with van der Waals surface area (Å²) in [6, 6.07) is 0.614. The number of carbonyl (C=O) groups is 1. The molecule has 1 aliphatic heterocycles. The van der Waals surface area contributed by atoms with Crippen molar-refractivity contribution in [2.45, 2.75) is 39.2 Å². The summed E-state index contributed by atoms with van der Waals surface area (Å²) in [7, 11) is 1.45. The summed E-state index contributed by atoms with van der Waals surface area (Å²) in [5, 5.41) is 0. The van der Waals surface area contributed by atoms with Crippen molar-refractivity contribution in [3.05, 3.63) is 0 Å². The highest BCUT2D eigenvalue weighted by Gasteiger charge is 2.22. The zero-order valence-electron chi connectivity index (χ0n) is 9.45. The van der Waals surface area contributed by atoms with Crippen LogP contribution in [0.5, 0.6) is 0 Å². The first-order valence-corrected chi connectivity index (χ1v) is 5.44. The van der Waals surface area contributed by atoms with Gasteiger partial charge in [-0.25, -0.2) is 0 Å².